The number of ether oxygens (including phenoxy) is 3. The van der Waals surface area contributed by atoms with Gasteiger partial charge >= 0.3 is 0 Å². The summed E-state index contributed by atoms with van der Waals surface area (Å²) in [6, 6.07) is 16.0. The topological polar surface area (TPSA) is 112 Å². The van der Waals surface area contributed by atoms with Gasteiger partial charge in [-0.3, -0.25) is 14.9 Å². The van der Waals surface area contributed by atoms with Gasteiger partial charge in [0.1, 0.15) is 23.9 Å². The molecule has 3 aromatic carbocycles. The molecule has 0 spiro atoms. The second-order valence-corrected chi connectivity index (χ2v) is 9.21. The Labute approximate surface area is 218 Å². The van der Waals surface area contributed by atoms with Crippen LogP contribution >= 0.6 is 11.8 Å². The first kappa shape index (κ1) is 25.8. The van der Waals surface area contributed by atoms with Crippen LogP contribution in [-0.4, -0.2) is 30.2 Å². The zero-order valence-electron chi connectivity index (χ0n) is 20.7. The summed E-state index contributed by atoms with van der Waals surface area (Å²) in [7, 11) is 3.21. The molecule has 1 aliphatic rings. The summed E-state index contributed by atoms with van der Waals surface area (Å²) in [6.45, 7) is 3.79. The minimum absolute atomic E-state index is 0.00315. The van der Waals surface area contributed by atoms with E-state index in [4.69, 9.17) is 14.2 Å². The Bertz CT molecular complexity index is 1420. The van der Waals surface area contributed by atoms with E-state index in [-0.39, 0.29) is 11.6 Å². The van der Waals surface area contributed by atoms with E-state index in [9.17, 15) is 14.9 Å². The summed E-state index contributed by atoms with van der Waals surface area (Å²) >= 11 is 1.18. The van der Waals surface area contributed by atoms with Gasteiger partial charge in [0.05, 0.1) is 29.7 Å². The first-order chi connectivity index (χ1) is 17.8. The number of carbonyl (C=O) groups is 1. The van der Waals surface area contributed by atoms with Crippen molar-refractivity contribution in [3.8, 4) is 17.2 Å². The van der Waals surface area contributed by atoms with Crippen LogP contribution in [0.3, 0.4) is 0 Å². The van der Waals surface area contributed by atoms with Gasteiger partial charge in [0.2, 0.25) is 0 Å². The third kappa shape index (κ3) is 6.10. The Hall–Kier alpha value is -4.31. The van der Waals surface area contributed by atoms with E-state index in [1.165, 1.54) is 17.8 Å². The highest BCUT2D eigenvalue weighted by atomic mass is 32.2. The summed E-state index contributed by atoms with van der Waals surface area (Å²) in [6.07, 6.45) is 1.75. The lowest BCUT2D eigenvalue weighted by Crippen LogP contribution is -2.19. The minimum Gasteiger partial charge on any atom is -0.497 e. The summed E-state index contributed by atoms with van der Waals surface area (Å²) in [5.41, 5.74) is 3.42. The summed E-state index contributed by atoms with van der Waals surface area (Å²) in [5, 5.41) is 14.4. The third-order valence-corrected chi connectivity index (χ3v) is 6.67. The summed E-state index contributed by atoms with van der Waals surface area (Å²) < 4.78 is 16.6. The van der Waals surface area contributed by atoms with E-state index in [1.54, 1.807) is 40.2 Å². The second-order valence-electron chi connectivity index (χ2n) is 8.18. The van der Waals surface area contributed by atoms with Crippen LogP contribution in [0, 0.1) is 24.0 Å². The van der Waals surface area contributed by atoms with Crippen LogP contribution in [0.5, 0.6) is 17.2 Å². The highest BCUT2D eigenvalue weighted by Crippen LogP contribution is 2.32. The van der Waals surface area contributed by atoms with E-state index in [0.717, 1.165) is 16.7 Å². The largest absolute Gasteiger partial charge is 0.497 e. The maximum absolute atomic E-state index is 12.5. The fraction of sp³-hybridized carbons (Fsp3) is 0.185. The quantitative estimate of drug-likeness (QED) is 0.231. The number of amidine groups is 1. The van der Waals surface area contributed by atoms with E-state index in [0.29, 0.717) is 45.2 Å². The predicted molar refractivity (Wildman–Crippen MR) is 144 cm³/mol. The van der Waals surface area contributed by atoms with Crippen LogP contribution in [0.2, 0.25) is 0 Å². The first-order valence-electron chi connectivity index (χ1n) is 11.3. The first-order valence-corrected chi connectivity index (χ1v) is 12.1. The number of thioether (sulfide) groups is 1. The van der Waals surface area contributed by atoms with Crippen molar-refractivity contribution in [1.82, 2.24) is 5.32 Å². The van der Waals surface area contributed by atoms with Gasteiger partial charge in [-0.05, 0) is 79.2 Å². The van der Waals surface area contributed by atoms with Crippen molar-refractivity contribution in [2.45, 2.75) is 20.5 Å². The van der Waals surface area contributed by atoms with Crippen molar-refractivity contribution < 1.29 is 23.9 Å². The molecule has 0 bridgehead atoms. The molecule has 10 heteroatoms. The van der Waals surface area contributed by atoms with E-state index < -0.39 is 4.92 Å². The van der Waals surface area contributed by atoms with E-state index >= 15 is 0 Å². The average molecular weight is 520 g/mol. The van der Waals surface area contributed by atoms with Gasteiger partial charge in [-0.15, -0.1) is 0 Å². The van der Waals surface area contributed by atoms with Crippen molar-refractivity contribution in [2.75, 3.05) is 14.2 Å². The molecule has 37 heavy (non-hydrogen) atoms. The van der Waals surface area contributed by atoms with Crippen LogP contribution in [-0.2, 0) is 11.4 Å². The molecule has 1 saturated heterocycles. The molecule has 1 heterocycles. The number of rotatable bonds is 8. The molecule has 0 saturated carbocycles. The zero-order valence-corrected chi connectivity index (χ0v) is 21.5. The molecule has 1 fully saturated rings. The zero-order chi connectivity index (χ0) is 26.5. The van der Waals surface area contributed by atoms with Crippen LogP contribution < -0.4 is 19.5 Å². The lowest BCUT2D eigenvalue weighted by molar-refractivity contribution is -0.385. The maximum Gasteiger partial charge on any atom is 0.274 e. The number of aryl methyl sites for hydroxylation is 1. The molecule has 3 aromatic rings. The number of nitrogens with one attached hydrogen (secondary N) is 1. The number of hydrogen-bond acceptors (Lipinski definition) is 8. The lowest BCUT2D eigenvalue weighted by Gasteiger charge is -2.12. The molecule has 1 N–H and O–H groups in total. The fourth-order valence-corrected chi connectivity index (χ4v) is 4.48. The van der Waals surface area contributed by atoms with E-state index in [2.05, 4.69) is 10.3 Å². The number of nitrogens with zero attached hydrogens (tertiary/aromatic N) is 2. The van der Waals surface area contributed by atoms with Gasteiger partial charge < -0.3 is 19.5 Å². The minimum atomic E-state index is -0.432. The molecule has 0 atom stereocenters. The van der Waals surface area contributed by atoms with Crippen LogP contribution in [0.25, 0.3) is 6.08 Å². The molecule has 0 unspecified atom stereocenters. The van der Waals surface area contributed by atoms with Gasteiger partial charge in [-0.25, -0.2) is 4.99 Å². The fourth-order valence-electron chi connectivity index (χ4n) is 3.64. The summed E-state index contributed by atoms with van der Waals surface area (Å²) in [4.78, 5) is 28.2. The monoisotopic (exact) mass is 519 g/mol. The molecule has 4 rings (SSSR count). The van der Waals surface area contributed by atoms with Crippen LogP contribution in [0.15, 0.2) is 64.5 Å². The van der Waals surface area contributed by atoms with Crippen LogP contribution in [0.1, 0.15) is 22.3 Å². The number of amides is 1. The molecular formula is C27H25N3O6S. The number of aliphatic imine (C=N–C) groups is 1. The van der Waals surface area contributed by atoms with Crippen molar-refractivity contribution >= 4 is 40.3 Å². The Kier molecular flexibility index (Phi) is 7.78. The molecule has 1 amide bonds. The predicted octanol–water partition coefficient (Wildman–Crippen LogP) is 5.70. The number of methoxy groups -OCH3 is 2. The lowest BCUT2D eigenvalue weighted by atomic mass is 10.1. The third-order valence-electron chi connectivity index (χ3n) is 5.76. The Morgan fingerprint density at radius 2 is 1.76 bits per heavy atom. The van der Waals surface area contributed by atoms with Gasteiger partial charge in [0.15, 0.2) is 5.17 Å². The van der Waals surface area contributed by atoms with Crippen molar-refractivity contribution in [1.29, 1.82) is 0 Å². The number of nitro benzene ring substituents is 1. The molecule has 0 aromatic heterocycles. The van der Waals surface area contributed by atoms with Gasteiger partial charge in [0.25, 0.3) is 11.6 Å². The number of nitro groups is 1. The molecule has 9 nitrogen and oxygen atoms in total. The van der Waals surface area contributed by atoms with Crippen molar-refractivity contribution in [3.63, 3.8) is 0 Å². The smallest absolute Gasteiger partial charge is 0.274 e. The number of hydrogen-bond donors (Lipinski definition) is 1. The number of benzene rings is 3. The SMILES string of the molecule is COc1ccc(OC)c(COc2ccc(/C=C3\SC(=Nc4cc(C)c(C)c([N+](=O)[O-])c4)NC3=O)cc2)c1. The van der Waals surface area contributed by atoms with Gasteiger partial charge in [-0.2, -0.15) is 0 Å². The van der Waals surface area contributed by atoms with Gasteiger partial charge in [-0.1, -0.05) is 12.1 Å². The Morgan fingerprint density at radius 1 is 1.03 bits per heavy atom. The Morgan fingerprint density at radius 3 is 2.43 bits per heavy atom. The van der Waals surface area contributed by atoms with E-state index in [1.807, 2.05) is 42.5 Å². The molecule has 0 aliphatic carbocycles. The highest BCUT2D eigenvalue weighted by Gasteiger charge is 2.24. The second kappa shape index (κ2) is 11.2. The normalized spacial score (nSPS) is 15.1. The molecule has 190 valence electrons. The molecular weight excluding hydrogens is 494 g/mol. The van der Waals surface area contributed by atoms with Crippen molar-refractivity contribution in [2.24, 2.45) is 4.99 Å². The van der Waals surface area contributed by atoms with Crippen LogP contribution in [0.4, 0.5) is 11.4 Å². The van der Waals surface area contributed by atoms with Gasteiger partial charge in [0, 0.05) is 17.2 Å². The highest BCUT2D eigenvalue weighted by molar-refractivity contribution is 8.18. The maximum atomic E-state index is 12.5. The molecule has 1 aliphatic heterocycles. The van der Waals surface area contributed by atoms with Crippen molar-refractivity contribution in [3.05, 3.63) is 91.9 Å². The Balaban J connectivity index is 1.45. The average Bonchev–Trinajstić information content (AvgIpc) is 3.23. The number of carbonyl (C=O) groups excluding carboxylic acids is 1. The molecule has 0 radical (unpaired) electrons. The summed E-state index contributed by atoms with van der Waals surface area (Å²) in [5.74, 6) is 1.80. The standard InChI is InChI=1S/C27H25N3O6S/c1-16-11-20(14-23(17(16)2)30(32)33)28-27-29-26(31)25(37-27)12-18-5-7-21(8-6-18)36-15-19-13-22(34-3)9-10-24(19)35-4/h5-14H,15H2,1-4H3,(H,28,29,31)/b25-12-.